The third-order valence-corrected chi connectivity index (χ3v) is 3.57. The van der Waals surface area contributed by atoms with Crippen LogP contribution in [0.5, 0.6) is 0 Å². The number of hydrogen-bond donors (Lipinski definition) is 2. The molecule has 0 aliphatic rings. The van der Waals surface area contributed by atoms with Gasteiger partial charge in [-0.2, -0.15) is 0 Å². The van der Waals surface area contributed by atoms with Crippen LogP contribution in [0.1, 0.15) is 12.0 Å². The Hall–Kier alpha value is -2.21. The number of halogens is 4. The van der Waals surface area contributed by atoms with Gasteiger partial charge in [0.1, 0.15) is 0 Å². The Kier molecular flexibility index (Phi) is 5.50. The molecule has 0 aromatic heterocycles. The van der Waals surface area contributed by atoms with E-state index in [1.54, 1.807) is 6.07 Å². The predicted octanol–water partition coefficient (Wildman–Crippen LogP) is 4.51. The highest BCUT2D eigenvalue weighted by Crippen LogP contribution is 2.21. The van der Waals surface area contributed by atoms with E-state index in [1.807, 2.05) is 19.1 Å². The van der Waals surface area contributed by atoms with Gasteiger partial charge in [-0.15, -0.1) is 0 Å². The van der Waals surface area contributed by atoms with Crippen molar-refractivity contribution in [1.29, 1.82) is 0 Å². The SMILES string of the molecule is Cc1ccc(NCCC(=O)Nc2ccc(F)c(F)c2F)cc1Cl. The van der Waals surface area contributed by atoms with Gasteiger partial charge in [-0.05, 0) is 36.8 Å². The maximum atomic E-state index is 13.4. The van der Waals surface area contributed by atoms with Crippen LogP contribution in [0.4, 0.5) is 24.5 Å². The van der Waals surface area contributed by atoms with E-state index in [9.17, 15) is 18.0 Å². The molecule has 0 unspecified atom stereocenters. The van der Waals surface area contributed by atoms with E-state index in [4.69, 9.17) is 11.6 Å². The summed E-state index contributed by atoms with van der Waals surface area (Å²) < 4.78 is 39.3. The number of aryl methyl sites for hydroxylation is 1. The van der Waals surface area contributed by atoms with Crippen LogP contribution in [0, 0.1) is 24.4 Å². The van der Waals surface area contributed by atoms with Gasteiger partial charge in [0.25, 0.3) is 0 Å². The van der Waals surface area contributed by atoms with E-state index in [0.717, 1.165) is 23.4 Å². The minimum Gasteiger partial charge on any atom is -0.384 e. The average Bonchev–Trinajstić information content (AvgIpc) is 2.51. The van der Waals surface area contributed by atoms with Crippen molar-refractivity contribution in [2.45, 2.75) is 13.3 Å². The first-order chi connectivity index (χ1) is 10.9. The number of benzene rings is 2. The van der Waals surface area contributed by atoms with E-state index in [2.05, 4.69) is 10.6 Å². The molecule has 0 saturated heterocycles. The van der Waals surface area contributed by atoms with Crippen LogP contribution in [-0.2, 0) is 4.79 Å². The molecular formula is C16H14ClF3N2O. The van der Waals surface area contributed by atoms with Crippen LogP contribution in [0.2, 0.25) is 5.02 Å². The molecule has 0 aliphatic heterocycles. The molecule has 0 aliphatic carbocycles. The minimum absolute atomic E-state index is 0.0178. The van der Waals surface area contributed by atoms with E-state index in [1.165, 1.54) is 0 Å². The molecule has 122 valence electrons. The molecule has 0 saturated carbocycles. The van der Waals surface area contributed by atoms with Crippen molar-refractivity contribution in [3.05, 3.63) is 58.4 Å². The zero-order valence-corrected chi connectivity index (χ0v) is 13.0. The predicted molar refractivity (Wildman–Crippen MR) is 84.2 cm³/mol. The second-order valence-electron chi connectivity index (χ2n) is 4.91. The fourth-order valence-electron chi connectivity index (χ4n) is 1.86. The van der Waals surface area contributed by atoms with Gasteiger partial charge in [0.2, 0.25) is 5.91 Å². The van der Waals surface area contributed by atoms with Crippen molar-refractivity contribution >= 4 is 28.9 Å². The summed E-state index contributed by atoms with van der Waals surface area (Å²) in [6.45, 7) is 2.15. The zero-order chi connectivity index (χ0) is 17.0. The zero-order valence-electron chi connectivity index (χ0n) is 12.2. The van der Waals surface area contributed by atoms with E-state index < -0.39 is 29.0 Å². The van der Waals surface area contributed by atoms with Crippen molar-refractivity contribution in [3.8, 4) is 0 Å². The Bertz CT molecular complexity index is 738. The number of nitrogens with one attached hydrogen (secondary N) is 2. The lowest BCUT2D eigenvalue weighted by Crippen LogP contribution is -2.17. The van der Waals surface area contributed by atoms with Crippen LogP contribution in [-0.4, -0.2) is 12.5 Å². The van der Waals surface area contributed by atoms with Crippen LogP contribution in [0.15, 0.2) is 30.3 Å². The lowest BCUT2D eigenvalue weighted by Gasteiger charge is -2.09. The number of carbonyl (C=O) groups excluding carboxylic acids is 1. The second kappa shape index (κ2) is 7.37. The maximum absolute atomic E-state index is 13.4. The van der Waals surface area contributed by atoms with Gasteiger partial charge in [0.05, 0.1) is 5.69 Å². The molecular weight excluding hydrogens is 329 g/mol. The lowest BCUT2D eigenvalue weighted by atomic mass is 10.2. The maximum Gasteiger partial charge on any atom is 0.226 e. The summed E-state index contributed by atoms with van der Waals surface area (Å²) >= 11 is 5.98. The molecule has 7 heteroatoms. The first-order valence-electron chi connectivity index (χ1n) is 6.82. The van der Waals surface area contributed by atoms with E-state index in [-0.39, 0.29) is 13.0 Å². The minimum atomic E-state index is -1.62. The van der Waals surface area contributed by atoms with E-state index in [0.29, 0.717) is 5.02 Å². The first kappa shape index (κ1) is 17.1. The number of hydrogen-bond acceptors (Lipinski definition) is 2. The summed E-state index contributed by atoms with van der Waals surface area (Å²) in [4.78, 5) is 11.7. The van der Waals surface area contributed by atoms with Crippen molar-refractivity contribution < 1.29 is 18.0 Å². The Morgan fingerprint density at radius 2 is 1.87 bits per heavy atom. The molecule has 23 heavy (non-hydrogen) atoms. The molecule has 3 nitrogen and oxygen atoms in total. The molecule has 1 amide bonds. The lowest BCUT2D eigenvalue weighted by molar-refractivity contribution is -0.116. The van der Waals surface area contributed by atoms with Gasteiger partial charge in [-0.25, -0.2) is 13.2 Å². The summed E-state index contributed by atoms with van der Waals surface area (Å²) in [6.07, 6.45) is 0.0178. The van der Waals surface area contributed by atoms with Gasteiger partial charge in [0, 0.05) is 23.7 Å². The number of anilines is 2. The standard InChI is InChI=1S/C16H14ClF3N2O/c1-9-2-3-10(8-11(9)17)21-7-6-14(23)22-13-5-4-12(18)15(19)16(13)20/h2-5,8,21H,6-7H2,1H3,(H,22,23). The van der Waals surface area contributed by atoms with E-state index >= 15 is 0 Å². The van der Waals surface area contributed by atoms with Crippen LogP contribution in [0.3, 0.4) is 0 Å². The summed E-state index contributed by atoms with van der Waals surface area (Å²) in [6, 6.07) is 7.10. The molecule has 0 radical (unpaired) electrons. The van der Waals surface area contributed by atoms with Gasteiger partial charge in [-0.1, -0.05) is 17.7 Å². The normalized spacial score (nSPS) is 10.5. The molecule has 2 aromatic carbocycles. The third kappa shape index (κ3) is 4.39. The summed E-state index contributed by atoms with van der Waals surface area (Å²) in [5, 5.41) is 5.79. The molecule has 0 bridgehead atoms. The van der Waals surface area contributed by atoms with Crippen LogP contribution in [0.25, 0.3) is 0 Å². The molecule has 0 fully saturated rings. The average molecular weight is 343 g/mol. The molecule has 2 N–H and O–H groups in total. The quantitative estimate of drug-likeness (QED) is 0.785. The van der Waals surface area contributed by atoms with Crippen LogP contribution >= 0.6 is 11.6 Å². The van der Waals surface area contributed by atoms with Gasteiger partial charge < -0.3 is 10.6 Å². The van der Waals surface area contributed by atoms with Crippen molar-refractivity contribution in [2.75, 3.05) is 17.2 Å². The second-order valence-corrected chi connectivity index (χ2v) is 5.32. The molecule has 2 aromatic rings. The number of amides is 1. The van der Waals surface area contributed by atoms with Gasteiger partial charge in [-0.3, -0.25) is 4.79 Å². The largest absolute Gasteiger partial charge is 0.384 e. The summed E-state index contributed by atoms with van der Waals surface area (Å²) in [7, 11) is 0. The van der Waals surface area contributed by atoms with Crippen molar-refractivity contribution in [1.82, 2.24) is 0 Å². The Morgan fingerprint density at radius 1 is 1.13 bits per heavy atom. The fourth-order valence-corrected chi connectivity index (χ4v) is 2.04. The number of carbonyl (C=O) groups is 1. The van der Waals surface area contributed by atoms with Crippen LogP contribution < -0.4 is 10.6 Å². The van der Waals surface area contributed by atoms with Crippen molar-refractivity contribution in [2.24, 2.45) is 0 Å². The Balaban J connectivity index is 1.88. The third-order valence-electron chi connectivity index (χ3n) is 3.16. The highest BCUT2D eigenvalue weighted by atomic mass is 35.5. The highest BCUT2D eigenvalue weighted by molar-refractivity contribution is 6.31. The summed E-state index contributed by atoms with van der Waals surface area (Å²) in [5.41, 5.74) is 1.28. The molecule has 0 atom stereocenters. The monoisotopic (exact) mass is 342 g/mol. The topological polar surface area (TPSA) is 41.1 Å². The Morgan fingerprint density at radius 3 is 2.57 bits per heavy atom. The fraction of sp³-hybridized carbons (Fsp3) is 0.188. The molecule has 0 spiro atoms. The number of rotatable bonds is 5. The Labute approximate surface area is 136 Å². The molecule has 0 heterocycles. The van der Waals surface area contributed by atoms with Gasteiger partial charge >= 0.3 is 0 Å². The first-order valence-corrected chi connectivity index (χ1v) is 7.19. The van der Waals surface area contributed by atoms with Gasteiger partial charge in [0.15, 0.2) is 17.5 Å². The van der Waals surface area contributed by atoms with Crippen molar-refractivity contribution in [3.63, 3.8) is 0 Å². The molecule has 2 rings (SSSR count). The summed E-state index contributed by atoms with van der Waals surface area (Å²) in [5.74, 6) is -4.87. The smallest absolute Gasteiger partial charge is 0.226 e. The highest BCUT2D eigenvalue weighted by Gasteiger charge is 2.14.